The van der Waals surface area contributed by atoms with Crippen LogP contribution in [0, 0.1) is 17.8 Å². The SMILES string of the molecule is CCCCCCC1CC(C)C1CC. The number of hydrogen-bond acceptors (Lipinski definition) is 0. The van der Waals surface area contributed by atoms with Gasteiger partial charge in [0.1, 0.15) is 0 Å². The van der Waals surface area contributed by atoms with E-state index in [1.807, 2.05) is 0 Å². The van der Waals surface area contributed by atoms with Gasteiger partial charge < -0.3 is 0 Å². The Labute approximate surface area is 84.1 Å². The Balaban J connectivity index is 2.03. The average Bonchev–Trinajstić information content (AvgIpc) is 2.11. The summed E-state index contributed by atoms with van der Waals surface area (Å²) in [6.07, 6.45) is 10.2. The van der Waals surface area contributed by atoms with Crippen LogP contribution in [0.3, 0.4) is 0 Å². The van der Waals surface area contributed by atoms with Crippen molar-refractivity contribution in [3.05, 3.63) is 0 Å². The number of unbranched alkanes of at least 4 members (excludes halogenated alkanes) is 3. The summed E-state index contributed by atoms with van der Waals surface area (Å²) in [7, 11) is 0. The van der Waals surface area contributed by atoms with Crippen LogP contribution in [0.25, 0.3) is 0 Å². The largest absolute Gasteiger partial charge is 0.0654 e. The van der Waals surface area contributed by atoms with Crippen molar-refractivity contribution >= 4 is 0 Å². The van der Waals surface area contributed by atoms with Gasteiger partial charge in [0, 0.05) is 0 Å². The van der Waals surface area contributed by atoms with E-state index in [4.69, 9.17) is 0 Å². The summed E-state index contributed by atoms with van der Waals surface area (Å²) >= 11 is 0. The molecule has 0 aromatic carbocycles. The molecule has 0 spiro atoms. The summed E-state index contributed by atoms with van der Waals surface area (Å²) in [5, 5.41) is 0. The third-order valence-electron chi connectivity index (χ3n) is 3.91. The van der Waals surface area contributed by atoms with Crippen molar-refractivity contribution in [1.82, 2.24) is 0 Å². The van der Waals surface area contributed by atoms with Crippen LogP contribution in [0.1, 0.15) is 65.7 Å². The Morgan fingerprint density at radius 1 is 1.08 bits per heavy atom. The summed E-state index contributed by atoms with van der Waals surface area (Å²) in [6, 6.07) is 0. The maximum absolute atomic E-state index is 2.43. The zero-order valence-corrected chi connectivity index (χ0v) is 9.68. The zero-order chi connectivity index (χ0) is 9.68. The molecule has 1 aliphatic carbocycles. The third-order valence-corrected chi connectivity index (χ3v) is 3.91. The molecule has 3 unspecified atom stereocenters. The second kappa shape index (κ2) is 5.67. The van der Waals surface area contributed by atoms with Gasteiger partial charge in [-0.05, 0) is 24.2 Å². The topological polar surface area (TPSA) is 0 Å². The fraction of sp³-hybridized carbons (Fsp3) is 1.00. The average molecular weight is 182 g/mol. The zero-order valence-electron chi connectivity index (χ0n) is 9.68. The minimum absolute atomic E-state index is 1.03. The van der Waals surface area contributed by atoms with Crippen LogP contribution in [0.5, 0.6) is 0 Å². The molecule has 0 aliphatic heterocycles. The third kappa shape index (κ3) is 3.00. The van der Waals surface area contributed by atoms with Gasteiger partial charge in [0.05, 0.1) is 0 Å². The first-order valence-electron chi connectivity index (χ1n) is 6.29. The van der Waals surface area contributed by atoms with Crippen LogP contribution >= 0.6 is 0 Å². The normalized spacial score (nSPS) is 33.0. The Kier molecular flexibility index (Phi) is 4.83. The van der Waals surface area contributed by atoms with E-state index in [1.54, 1.807) is 0 Å². The molecule has 0 saturated heterocycles. The highest BCUT2D eigenvalue weighted by Gasteiger charge is 2.35. The van der Waals surface area contributed by atoms with Gasteiger partial charge in [0.2, 0.25) is 0 Å². The van der Waals surface area contributed by atoms with Gasteiger partial charge in [0.25, 0.3) is 0 Å². The molecular formula is C13H26. The molecule has 1 aliphatic rings. The van der Waals surface area contributed by atoms with Crippen LogP contribution in [0.15, 0.2) is 0 Å². The Morgan fingerprint density at radius 2 is 1.85 bits per heavy atom. The van der Waals surface area contributed by atoms with E-state index < -0.39 is 0 Å². The summed E-state index contributed by atoms with van der Waals surface area (Å²) in [6.45, 7) is 7.08. The lowest BCUT2D eigenvalue weighted by atomic mass is 9.63. The van der Waals surface area contributed by atoms with Gasteiger partial charge in [-0.15, -0.1) is 0 Å². The molecule has 0 bridgehead atoms. The van der Waals surface area contributed by atoms with Gasteiger partial charge in [-0.2, -0.15) is 0 Å². The lowest BCUT2D eigenvalue weighted by Gasteiger charge is -2.43. The molecule has 1 fully saturated rings. The summed E-state index contributed by atoms with van der Waals surface area (Å²) in [4.78, 5) is 0. The standard InChI is InChI=1S/C13H26/c1-4-6-7-8-9-12-10-11(3)13(12)5-2/h11-13H,4-10H2,1-3H3. The summed E-state index contributed by atoms with van der Waals surface area (Å²) in [5.74, 6) is 3.19. The first-order chi connectivity index (χ1) is 6.29. The van der Waals surface area contributed by atoms with Crippen molar-refractivity contribution in [3.8, 4) is 0 Å². The molecule has 0 N–H and O–H groups in total. The monoisotopic (exact) mass is 182 g/mol. The highest BCUT2D eigenvalue weighted by molar-refractivity contribution is 4.85. The summed E-state index contributed by atoms with van der Waals surface area (Å²) in [5.41, 5.74) is 0. The first kappa shape index (κ1) is 11.1. The Bertz CT molecular complexity index is 128. The second-order valence-corrected chi connectivity index (χ2v) is 4.89. The fourth-order valence-corrected chi connectivity index (χ4v) is 3.00. The molecule has 78 valence electrons. The molecule has 0 aromatic rings. The Hall–Kier alpha value is 0. The van der Waals surface area contributed by atoms with Crippen molar-refractivity contribution in [3.63, 3.8) is 0 Å². The quantitative estimate of drug-likeness (QED) is 0.525. The van der Waals surface area contributed by atoms with E-state index >= 15 is 0 Å². The fourth-order valence-electron chi connectivity index (χ4n) is 3.00. The molecule has 0 aromatic heterocycles. The predicted molar refractivity (Wildman–Crippen MR) is 59.8 cm³/mol. The second-order valence-electron chi connectivity index (χ2n) is 4.89. The van der Waals surface area contributed by atoms with Gasteiger partial charge >= 0.3 is 0 Å². The van der Waals surface area contributed by atoms with E-state index in [2.05, 4.69) is 20.8 Å². The van der Waals surface area contributed by atoms with Crippen molar-refractivity contribution in [2.75, 3.05) is 0 Å². The van der Waals surface area contributed by atoms with E-state index in [-0.39, 0.29) is 0 Å². The van der Waals surface area contributed by atoms with E-state index in [0.29, 0.717) is 0 Å². The number of hydrogen-bond donors (Lipinski definition) is 0. The van der Waals surface area contributed by atoms with Gasteiger partial charge in [-0.25, -0.2) is 0 Å². The molecule has 0 radical (unpaired) electrons. The van der Waals surface area contributed by atoms with Crippen LogP contribution < -0.4 is 0 Å². The molecule has 3 atom stereocenters. The molecule has 0 heteroatoms. The minimum Gasteiger partial charge on any atom is -0.0654 e. The van der Waals surface area contributed by atoms with Gasteiger partial charge in [-0.1, -0.05) is 59.3 Å². The highest BCUT2D eigenvalue weighted by Crippen LogP contribution is 2.44. The Morgan fingerprint density at radius 3 is 2.38 bits per heavy atom. The predicted octanol–water partition coefficient (Wildman–Crippen LogP) is 4.64. The van der Waals surface area contributed by atoms with E-state index in [9.17, 15) is 0 Å². The van der Waals surface area contributed by atoms with Crippen LogP contribution in [0.4, 0.5) is 0 Å². The van der Waals surface area contributed by atoms with Crippen LogP contribution in [-0.2, 0) is 0 Å². The van der Waals surface area contributed by atoms with Crippen LogP contribution in [-0.4, -0.2) is 0 Å². The molecule has 1 saturated carbocycles. The van der Waals surface area contributed by atoms with E-state index in [1.165, 1.54) is 44.9 Å². The molecule has 0 amide bonds. The number of rotatable bonds is 6. The van der Waals surface area contributed by atoms with Crippen molar-refractivity contribution in [1.29, 1.82) is 0 Å². The van der Waals surface area contributed by atoms with Crippen molar-refractivity contribution in [2.24, 2.45) is 17.8 Å². The summed E-state index contributed by atoms with van der Waals surface area (Å²) < 4.78 is 0. The van der Waals surface area contributed by atoms with Gasteiger partial charge in [0.15, 0.2) is 0 Å². The lowest BCUT2D eigenvalue weighted by molar-refractivity contribution is 0.0721. The highest BCUT2D eigenvalue weighted by atomic mass is 14.4. The maximum Gasteiger partial charge on any atom is -0.0362 e. The lowest BCUT2D eigenvalue weighted by Crippen LogP contribution is -2.34. The van der Waals surface area contributed by atoms with E-state index in [0.717, 1.165) is 17.8 Å². The first-order valence-corrected chi connectivity index (χ1v) is 6.29. The minimum atomic E-state index is 1.03. The molecular weight excluding hydrogens is 156 g/mol. The smallest absolute Gasteiger partial charge is 0.0362 e. The molecule has 13 heavy (non-hydrogen) atoms. The molecule has 0 nitrogen and oxygen atoms in total. The molecule has 0 heterocycles. The maximum atomic E-state index is 2.43. The van der Waals surface area contributed by atoms with Crippen molar-refractivity contribution < 1.29 is 0 Å². The van der Waals surface area contributed by atoms with Crippen LogP contribution in [0.2, 0.25) is 0 Å². The molecule has 1 rings (SSSR count). The van der Waals surface area contributed by atoms with Crippen molar-refractivity contribution in [2.45, 2.75) is 65.7 Å². The van der Waals surface area contributed by atoms with Gasteiger partial charge in [-0.3, -0.25) is 0 Å².